The first-order valence-corrected chi connectivity index (χ1v) is 4.78. The van der Waals surface area contributed by atoms with Gasteiger partial charge in [0.2, 0.25) is 10.0 Å². The van der Waals surface area contributed by atoms with Crippen LogP contribution in [0.4, 0.5) is 0 Å². The molecule has 1 aromatic rings. The van der Waals surface area contributed by atoms with Crippen molar-refractivity contribution >= 4 is 10.0 Å². The van der Waals surface area contributed by atoms with Gasteiger partial charge < -0.3 is 0 Å². The molecule has 5 heteroatoms. The normalized spacial score (nSPS) is 11.5. The number of hydrogen-bond donors (Lipinski definition) is 1. The van der Waals surface area contributed by atoms with Gasteiger partial charge in [-0.1, -0.05) is 12.1 Å². The van der Waals surface area contributed by atoms with Gasteiger partial charge in [0.25, 0.3) is 0 Å². The minimum atomic E-state index is -3.63. The molecule has 4 nitrogen and oxygen atoms in total. The van der Waals surface area contributed by atoms with Gasteiger partial charge in [0.15, 0.2) is 0 Å². The maximum absolute atomic E-state index is 10.7. The Morgan fingerprint density at radius 2 is 1.67 bits per heavy atom. The van der Waals surface area contributed by atoms with E-state index in [0.29, 0.717) is 5.56 Å². The van der Waals surface area contributed by atoms with Gasteiger partial charge in [-0.15, -0.1) is 0 Å². The van der Waals surface area contributed by atoms with Crippen LogP contribution in [0.1, 0.15) is 5.56 Å². The second-order valence-corrected chi connectivity index (χ2v) is 3.89. The molecule has 1 rings (SSSR count). The van der Waals surface area contributed by atoms with Crippen LogP contribution in [0.15, 0.2) is 29.2 Å². The van der Waals surface area contributed by atoms with Crippen molar-refractivity contribution in [2.24, 2.45) is 5.14 Å². The fraction of sp³-hybridized carbons (Fsp3) is 0.143. The molecule has 0 amide bonds. The number of hydrogen-bond acceptors (Lipinski definition) is 2. The summed E-state index contributed by atoms with van der Waals surface area (Å²) in [5.74, 6) is 0. The van der Waals surface area contributed by atoms with E-state index in [9.17, 15) is 13.5 Å². The van der Waals surface area contributed by atoms with Crippen molar-refractivity contribution in [1.29, 1.82) is 0 Å². The Labute approximate surface area is 70.7 Å². The first kappa shape index (κ1) is 9.18. The van der Waals surface area contributed by atoms with E-state index in [0.717, 1.165) is 0 Å². The minimum absolute atomic E-state index is 0.0275. The molecule has 0 fully saturated rings. The van der Waals surface area contributed by atoms with Crippen LogP contribution < -0.4 is 5.14 Å². The molecule has 0 bridgehead atoms. The molecule has 0 aliphatic rings. The first-order valence-electron chi connectivity index (χ1n) is 3.24. The zero-order chi connectivity index (χ0) is 9.19. The summed E-state index contributed by atoms with van der Waals surface area (Å²) in [7, 11) is -3.63. The van der Waals surface area contributed by atoms with E-state index in [-0.39, 0.29) is 11.5 Å². The summed E-state index contributed by atoms with van der Waals surface area (Å²) in [5.41, 5.74) is 0.544. The average Bonchev–Trinajstić information content (AvgIpc) is 2.03. The summed E-state index contributed by atoms with van der Waals surface area (Å²) in [5, 5.41) is 15.2. The van der Waals surface area contributed by atoms with Crippen LogP contribution in [-0.2, 0) is 21.7 Å². The van der Waals surface area contributed by atoms with Gasteiger partial charge in [-0.25, -0.2) is 18.7 Å². The SMILES string of the molecule is NS(=O)(=O)c1ccc(C[O])cc1. The molecule has 0 unspecified atom stereocenters. The van der Waals surface area contributed by atoms with E-state index in [4.69, 9.17) is 5.14 Å². The maximum atomic E-state index is 10.7. The number of benzene rings is 1. The molecule has 0 aliphatic heterocycles. The molecule has 0 aliphatic carbocycles. The summed E-state index contributed by atoms with van der Waals surface area (Å²) in [6.45, 7) is -0.356. The highest BCUT2D eigenvalue weighted by Crippen LogP contribution is 2.08. The van der Waals surface area contributed by atoms with Crippen molar-refractivity contribution in [2.45, 2.75) is 11.5 Å². The van der Waals surface area contributed by atoms with Gasteiger partial charge in [0, 0.05) is 0 Å². The number of nitrogens with two attached hydrogens (primary N) is 1. The van der Waals surface area contributed by atoms with E-state index in [1.165, 1.54) is 24.3 Å². The molecule has 65 valence electrons. The largest absolute Gasteiger partial charge is 0.238 e. The predicted molar refractivity (Wildman–Crippen MR) is 42.2 cm³/mol. The molecule has 12 heavy (non-hydrogen) atoms. The van der Waals surface area contributed by atoms with Crippen molar-refractivity contribution in [1.82, 2.24) is 0 Å². The van der Waals surface area contributed by atoms with Crippen molar-refractivity contribution in [3.63, 3.8) is 0 Å². The van der Waals surface area contributed by atoms with E-state index in [1.54, 1.807) is 0 Å². The second kappa shape index (κ2) is 3.22. The van der Waals surface area contributed by atoms with E-state index < -0.39 is 10.0 Å². The number of rotatable bonds is 2. The molecule has 0 spiro atoms. The summed E-state index contributed by atoms with van der Waals surface area (Å²) < 4.78 is 21.5. The van der Waals surface area contributed by atoms with Crippen molar-refractivity contribution in [2.75, 3.05) is 0 Å². The lowest BCUT2D eigenvalue weighted by molar-refractivity contribution is 0.177. The fourth-order valence-electron chi connectivity index (χ4n) is 0.775. The van der Waals surface area contributed by atoms with Crippen molar-refractivity contribution in [3.8, 4) is 0 Å². The van der Waals surface area contributed by atoms with E-state index in [1.807, 2.05) is 0 Å². The lowest BCUT2D eigenvalue weighted by Gasteiger charge is -1.97. The summed E-state index contributed by atoms with van der Waals surface area (Å²) in [4.78, 5) is 0.0275. The van der Waals surface area contributed by atoms with Crippen LogP contribution in [0, 0.1) is 0 Å². The molecular formula is C7H8NO3S. The number of primary sulfonamides is 1. The zero-order valence-electron chi connectivity index (χ0n) is 6.23. The maximum Gasteiger partial charge on any atom is 0.238 e. The Bertz CT molecular complexity index is 355. The highest BCUT2D eigenvalue weighted by molar-refractivity contribution is 7.89. The average molecular weight is 186 g/mol. The molecule has 1 radical (unpaired) electrons. The van der Waals surface area contributed by atoms with Crippen LogP contribution in [-0.4, -0.2) is 8.42 Å². The monoisotopic (exact) mass is 186 g/mol. The molecule has 0 saturated carbocycles. The lowest BCUT2D eigenvalue weighted by atomic mass is 10.2. The third kappa shape index (κ3) is 2.04. The van der Waals surface area contributed by atoms with Gasteiger partial charge in [-0.3, -0.25) is 0 Å². The number of sulfonamides is 1. The van der Waals surface area contributed by atoms with E-state index in [2.05, 4.69) is 0 Å². The fourth-order valence-corrected chi connectivity index (χ4v) is 1.29. The molecule has 0 aromatic heterocycles. The van der Waals surface area contributed by atoms with Gasteiger partial charge in [0.05, 0.1) is 4.90 Å². The highest BCUT2D eigenvalue weighted by atomic mass is 32.2. The Morgan fingerprint density at radius 3 is 2.00 bits per heavy atom. The molecule has 0 heterocycles. The standard InChI is InChI=1S/C7H8NO3S/c8-12(10,11)7-3-1-6(5-9)2-4-7/h1-4H,5H2,(H2,8,10,11). The van der Waals surface area contributed by atoms with E-state index >= 15 is 0 Å². The van der Waals surface area contributed by atoms with Crippen LogP contribution in [0.5, 0.6) is 0 Å². The van der Waals surface area contributed by atoms with Gasteiger partial charge in [-0.2, -0.15) is 0 Å². The minimum Gasteiger partial charge on any atom is -0.232 e. The third-order valence-electron chi connectivity index (χ3n) is 1.42. The molecule has 0 saturated heterocycles. The van der Waals surface area contributed by atoms with Crippen molar-refractivity contribution < 1.29 is 13.5 Å². The van der Waals surface area contributed by atoms with Crippen LogP contribution in [0.3, 0.4) is 0 Å². The molecule has 0 atom stereocenters. The molecule has 2 N–H and O–H groups in total. The van der Waals surface area contributed by atoms with Gasteiger partial charge in [-0.05, 0) is 17.7 Å². The van der Waals surface area contributed by atoms with Crippen LogP contribution in [0.2, 0.25) is 0 Å². The van der Waals surface area contributed by atoms with Crippen LogP contribution in [0.25, 0.3) is 0 Å². The van der Waals surface area contributed by atoms with Gasteiger partial charge in [0.1, 0.15) is 6.61 Å². The van der Waals surface area contributed by atoms with Crippen LogP contribution >= 0.6 is 0 Å². The lowest BCUT2D eigenvalue weighted by Crippen LogP contribution is -2.11. The summed E-state index contributed by atoms with van der Waals surface area (Å²) >= 11 is 0. The molecule has 1 aromatic carbocycles. The Kier molecular flexibility index (Phi) is 2.46. The third-order valence-corrected chi connectivity index (χ3v) is 2.35. The highest BCUT2D eigenvalue weighted by Gasteiger charge is 2.05. The smallest absolute Gasteiger partial charge is 0.232 e. The second-order valence-electron chi connectivity index (χ2n) is 2.33. The summed E-state index contributed by atoms with van der Waals surface area (Å²) in [6.07, 6.45) is 0. The molecular weight excluding hydrogens is 178 g/mol. The quantitative estimate of drug-likeness (QED) is 0.719. The van der Waals surface area contributed by atoms with Crippen molar-refractivity contribution in [3.05, 3.63) is 29.8 Å². The first-order chi connectivity index (χ1) is 5.54. The predicted octanol–water partition coefficient (Wildman–Crippen LogP) is 0.265. The Balaban J connectivity index is 3.09. The van der Waals surface area contributed by atoms with Gasteiger partial charge >= 0.3 is 0 Å². The summed E-state index contributed by atoms with van der Waals surface area (Å²) in [6, 6.07) is 5.55. The Morgan fingerprint density at radius 1 is 1.17 bits per heavy atom. The topological polar surface area (TPSA) is 80.1 Å². The zero-order valence-corrected chi connectivity index (χ0v) is 7.04. The Hall–Kier alpha value is -0.910.